The molecule has 0 amide bonds. The normalized spacial score (nSPS) is 24.1. The Hall–Kier alpha value is -1.09. The zero-order chi connectivity index (χ0) is 8.97. The van der Waals surface area contributed by atoms with Crippen LogP contribution in [-0.4, -0.2) is 22.3 Å². The maximum absolute atomic E-state index is 10.5. The number of hydrogen-bond acceptors (Lipinski definition) is 2. The van der Waals surface area contributed by atoms with E-state index in [1.165, 1.54) is 0 Å². The van der Waals surface area contributed by atoms with Crippen LogP contribution in [0.25, 0.3) is 0 Å². The summed E-state index contributed by atoms with van der Waals surface area (Å²) in [4.78, 5) is 10.5. The number of aliphatic carboxylic acids is 1. The highest BCUT2D eigenvalue weighted by atomic mass is 16.4. The van der Waals surface area contributed by atoms with E-state index in [1.54, 1.807) is 18.2 Å². The molecule has 2 N–H and O–H groups in total. The zero-order valence-corrected chi connectivity index (χ0v) is 6.73. The summed E-state index contributed by atoms with van der Waals surface area (Å²) in [6.07, 6.45) is 6.25. The van der Waals surface area contributed by atoms with Gasteiger partial charge < -0.3 is 10.2 Å². The molecule has 12 heavy (non-hydrogen) atoms. The van der Waals surface area contributed by atoms with Crippen LogP contribution in [0.4, 0.5) is 0 Å². The van der Waals surface area contributed by atoms with E-state index in [2.05, 4.69) is 0 Å². The van der Waals surface area contributed by atoms with Crippen LogP contribution in [-0.2, 0) is 4.79 Å². The number of aliphatic hydroxyl groups excluding tert-OH is 1. The average Bonchev–Trinajstić information content (AvgIpc) is 1.95. The van der Waals surface area contributed by atoms with Gasteiger partial charge in [0.05, 0.1) is 6.10 Å². The van der Waals surface area contributed by atoms with Crippen LogP contribution < -0.4 is 0 Å². The highest BCUT2D eigenvalue weighted by Gasteiger charge is 2.09. The van der Waals surface area contributed by atoms with Crippen LogP contribution in [0.2, 0.25) is 0 Å². The lowest BCUT2D eigenvalue weighted by Gasteiger charge is -2.08. The largest absolute Gasteiger partial charge is 0.478 e. The van der Waals surface area contributed by atoms with Crippen molar-refractivity contribution < 1.29 is 15.0 Å². The van der Waals surface area contributed by atoms with Gasteiger partial charge in [-0.15, -0.1) is 0 Å². The zero-order valence-electron chi connectivity index (χ0n) is 6.73. The molecule has 0 aromatic heterocycles. The maximum Gasteiger partial charge on any atom is 0.331 e. The van der Waals surface area contributed by atoms with Gasteiger partial charge in [-0.25, -0.2) is 4.79 Å². The van der Waals surface area contributed by atoms with Crippen molar-refractivity contribution in [3.05, 3.63) is 23.8 Å². The molecule has 1 atom stereocenters. The van der Waals surface area contributed by atoms with Gasteiger partial charge >= 0.3 is 5.97 Å². The first-order valence-electron chi connectivity index (χ1n) is 3.99. The number of aliphatic hydroxyl groups is 1. The molecule has 1 unspecified atom stereocenters. The SMILES string of the molecule is O=C(O)C1=CC=CC(O)CCC1. The molecule has 0 aromatic carbocycles. The fourth-order valence-electron chi connectivity index (χ4n) is 1.16. The molecular formula is C9H12O3. The molecular weight excluding hydrogens is 156 g/mol. The van der Waals surface area contributed by atoms with Crippen molar-refractivity contribution in [2.75, 3.05) is 0 Å². The maximum atomic E-state index is 10.5. The predicted octanol–water partition coefficient (Wildman–Crippen LogP) is 1.10. The van der Waals surface area contributed by atoms with E-state index in [-0.39, 0.29) is 0 Å². The Morgan fingerprint density at radius 2 is 2.33 bits per heavy atom. The Morgan fingerprint density at radius 3 is 3.00 bits per heavy atom. The number of allylic oxidation sites excluding steroid dienone is 2. The molecule has 0 fully saturated rings. The molecule has 1 rings (SSSR count). The second-order valence-electron chi connectivity index (χ2n) is 2.84. The first-order valence-corrected chi connectivity index (χ1v) is 3.99. The van der Waals surface area contributed by atoms with E-state index < -0.39 is 12.1 Å². The lowest BCUT2D eigenvalue weighted by atomic mass is 10.0. The Bertz CT molecular complexity index is 228. The summed E-state index contributed by atoms with van der Waals surface area (Å²) >= 11 is 0. The third-order valence-corrected chi connectivity index (χ3v) is 1.85. The van der Waals surface area contributed by atoms with Gasteiger partial charge in [0.25, 0.3) is 0 Å². The van der Waals surface area contributed by atoms with Gasteiger partial charge in [0.2, 0.25) is 0 Å². The highest BCUT2D eigenvalue weighted by molar-refractivity contribution is 5.86. The van der Waals surface area contributed by atoms with Crippen LogP contribution in [0, 0.1) is 0 Å². The van der Waals surface area contributed by atoms with E-state index in [0.717, 1.165) is 6.42 Å². The van der Waals surface area contributed by atoms with Gasteiger partial charge in [0.15, 0.2) is 0 Å². The van der Waals surface area contributed by atoms with Crippen LogP contribution in [0.5, 0.6) is 0 Å². The van der Waals surface area contributed by atoms with Crippen molar-refractivity contribution in [2.24, 2.45) is 0 Å². The third-order valence-electron chi connectivity index (χ3n) is 1.85. The summed E-state index contributed by atoms with van der Waals surface area (Å²) < 4.78 is 0. The summed E-state index contributed by atoms with van der Waals surface area (Å²) in [6.45, 7) is 0. The lowest BCUT2D eigenvalue weighted by Crippen LogP contribution is -2.07. The minimum absolute atomic E-state index is 0.415. The minimum atomic E-state index is -0.865. The van der Waals surface area contributed by atoms with Crippen molar-refractivity contribution in [1.82, 2.24) is 0 Å². The van der Waals surface area contributed by atoms with Crippen molar-refractivity contribution in [1.29, 1.82) is 0 Å². The Labute approximate surface area is 71.0 Å². The Morgan fingerprint density at radius 1 is 1.58 bits per heavy atom. The molecule has 1 aliphatic rings. The number of hydrogen-bond donors (Lipinski definition) is 2. The summed E-state index contributed by atoms with van der Waals surface area (Å²) in [5.41, 5.74) is 0.415. The van der Waals surface area contributed by atoms with E-state index in [4.69, 9.17) is 5.11 Å². The molecule has 0 radical (unpaired) electrons. The number of rotatable bonds is 1. The summed E-state index contributed by atoms with van der Waals surface area (Å²) in [5, 5.41) is 17.8. The summed E-state index contributed by atoms with van der Waals surface area (Å²) in [5.74, 6) is -0.865. The van der Waals surface area contributed by atoms with E-state index >= 15 is 0 Å². The molecule has 0 aromatic rings. The molecule has 0 spiro atoms. The summed E-state index contributed by atoms with van der Waals surface area (Å²) in [6, 6.07) is 0. The molecule has 0 saturated heterocycles. The number of carbonyl (C=O) groups is 1. The molecule has 3 heteroatoms. The van der Waals surface area contributed by atoms with Gasteiger partial charge in [0, 0.05) is 5.57 Å². The topological polar surface area (TPSA) is 57.5 Å². The Kier molecular flexibility index (Phi) is 3.05. The van der Waals surface area contributed by atoms with Gasteiger partial charge in [-0.05, 0) is 19.3 Å². The van der Waals surface area contributed by atoms with Crippen molar-refractivity contribution in [3.63, 3.8) is 0 Å². The van der Waals surface area contributed by atoms with Crippen molar-refractivity contribution >= 4 is 5.97 Å². The monoisotopic (exact) mass is 168 g/mol. The Balaban J connectivity index is 2.69. The second-order valence-corrected chi connectivity index (χ2v) is 2.84. The van der Waals surface area contributed by atoms with Crippen molar-refractivity contribution in [3.8, 4) is 0 Å². The van der Waals surface area contributed by atoms with Crippen LogP contribution in [0.3, 0.4) is 0 Å². The molecule has 0 bridgehead atoms. The first kappa shape index (κ1) is 9.00. The number of carboxylic acid groups (broad SMARTS) is 1. The van der Waals surface area contributed by atoms with Gasteiger partial charge in [-0.3, -0.25) is 0 Å². The lowest BCUT2D eigenvalue weighted by molar-refractivity contribution is -0.132. The van der Waals surface area contributed by atoms with Gasteiger partial charge in [0.1, 0.15) is 0 Å². The highest BCUT2D eigenvalue weighted by Crippen LogP contribution is 2.13. The smallest absolute Gasteiger partial charge is 0.331 e. The molecule has 0 aliphatic heterocycles. The summed E-state index contributed by atoms with van der Waals surface area (Å²) in [7, 11) is 0. The molecule has 0 heterocycles. The van der Waals surface area contributed by atoms with E-state index in [9.17, 15) is 9.90 Å². The quantitative estimate of drug-likeness (QED) is 0.616. The minimum Gasteiger partial charge on any atom is -0.478 e. The molecule has 66 valence electrons. The standard InChI is InChI=1S/C9H12O3/c10-8-5-1-3-7(9(11)12)4-2-6-8/h1,3,5,8,10H,2,4,6H2,(H,11,12). The van der Waals surface area contributed by atoms with E-state index in [0.29, 0.717) is 18.4 Å². The molecule has 1 aliphatic carbocycles. The average molecular weight is 168 g/mol. The second kappa shape index (κ2) is 4.07. The van der Waals surface area contributed by atoms with Crippen LogP contribution in [0.15, 0.2) is 23.8 Å². The van der Waals surface area contributed by atoms with Crippen LogP contribution in [0.1, 0.15) is 19.3 Å². The molecule has 0 saturated carbocycles. The van der Waals surface area contributed by atoms with Gasteiger partial charge in [-0.2, -0.15) is 0 Å². The first-order chi connectivity index (χ1) is 5.70. The van der Waals surface area contributed by atoms with Gasteiger partial charge in [-0.1, -0.05) is 18.2 Å². The fourth-order valence-corrected chi connectivity index (χ4v) is 1.16. The molecule has 3 nitrogen and oxygen atoms in total. The van der Waals surface area contributed by atoms with Crippen molar-refractivity contribution in [2.45, 2.75) is 25.4 Å². The third kappa shape index (κ3) is 2.51. The predicted molar refractivity (Wildman–Crippen MR) is 44.7 cm³/mol. The number of carboxylic acids is 1. The fraction of sp³-hybridized carbons (Fsp3) is 0.444. The van der Waals surface area contributed by atoms with E-state index in [1.807, 2.05) is 0 Å². The van der Waals surface area contributed by atoms with Crippen LogP contribution >= 0.6 is 0 Å².